The van der Waals surface area contributed by atoms with Crippen LogP contribution in [-0.4, -0.2) is 29.0 Å². The normalized spacial score (nSPS) is 50.7. The van der Waals surface area contributed by atoms with Crippen molar-refractivity contribution in [1.82, 2.24) is 0 Å². The summed E-state index contributed by atoms with van der Waals surface area (Å²) in [6.45, 7) is 3.11. The number of ketones is 1. The highest BCUT2D eigenvalue weighted by molar-refractivity contribution is 8.33. The van der Waals surface area contributed by atoms with Crippen molar-refractivity contribution in [1.29, 1.82) is 0 Å². The molecule has 0 N–H and O–H groups in total. The molecule has 3 nitrogen and oxygen atoms in total. The Kier molecular flexibility index (Phi) is 5.19. The lowest BCUT2D eigenvalue weighted by atomic mass is 9.50. The molecule has 10 atom stereocenters. The summed E-state index contributed by atoms with van der Waals surface area (Å²) in [6.07, 6.45) is 9.76. The van der Waals surface area contributed by atoms with Crippen molar-refractivity contribution in [3.63, 3.8) is 0 Å². The average molecular weight is 385 g/mol. The zero-order valence-electron chi connectivity index (χ0n) is 15.6. The lowest BCUT2D eigenvalue weighted by Gasteiger charge is -2.54. The van der Waals surface area contributed by atoms with Gasteiger partial charge in [0.2, 0.25) is 0 Å². The second-order valence-electron chi connectivity index (χ2n) is 9.44. The van der Waals surface area contributed by atoms with Crippen LogP contribution in [0.3, 0.4) is 0 Å². The summed E-state index contributed by atoms with van der Waals surface area (Å²) in [6, 6.07) is 0. The number of hydrogen-bond donors (Lipinski definition) is 0. The summed E-state index contributed by atoms with van der Waals surface area (Å²) in [5.74, 6) is 4.79. The van der Waals surface area contributed by atoms with Crippen molar-refractivity contribution in [2.24, 2.45) is 40.9 Å². The fraction of sp³-hybridized carbons (Fsp3) is 0.950. The van der Waals surface area contributed by atoms with E-state index in [-0.39, 0.29) is 10.7 Å². The number of hydrogen-bond acceptors (Lipinski definition) is 3. The average Bonchev–Trinajstić information content (AvgIpc) is 2.87. The Morgan fingerprint density at radius 2 is 1.88 bits per heavy atom. The molecular formula is C20H33O3PS. The van der Waals surface area contributed by atoms with Crippen LogP contribution in [0.2, 0.25) is 0 Å². The van der Waals surface area contributed by atoms with E-state index in [9.17, 15) is 9.00 Å². The Morgan fingerprint density at radius 1 is 1.12 bits per heavy atom. The zero-order valence-corrected chi connectivity index (χ0v) is 17.6. The molecule has 4 rings (SSSR count). The van der Waals surface area contributed by atoms with Crippen LogP contribution in [0.5, 0.6) is 0 Å². The molecule has 0 bridgehead atoms. The minimum Gasteiger partial charge on any atom is -0.384 e. The van der Waals surface area contributed by atoms with Crippen LogP contribution in [0.1, 0.15) is 58.3 Å². The van der Waals surface area contributed by atoms with E-state index in [1.807, 2.05) is 7.11 Å². The van der Waals surface area contributed by atoms with Gasteiger partial charge in [0.25, 0.3) is 0 Å². The number of carbonyl (C=O) groups is 1. The number of ether oxygens (including phenoxy) is 1. The van der Waals surface area contributed by atoms with Crippen molar-refractivity contribution in [3.05, 3.63) is 0 Å². The standard InChI is InChI=1S/C20H33O3PS/c1-20-8-7-15-14-5-3-12(11-23-2)9-13(14)4-6-16(15)17(20)10-18(19(20)21)25(22)24/h12-18H,3-11,24H2,1-2H3. The minimum absolute atomic E-state index is 0.196. The molecule has 142 valence electrons. The van der Waals surface area contributed by atoms with Gasteiger partial charge in [-0.05, 0) is 95.3 Å². The summed E-state index contributed by atoms with van der Waals surface area (Å²) >= 11 is 0. The first-order valence-corrected chi connectivity index (χ1v) is 12.8. The van der Waals surface area contributed by atoms with E-state index in [0.29, 0.717) is 17.6 Å². The summed E-state index contributed by atoms with van der Waals surface area (Å²) in [7, 11) is 3.13. The molecule has 0 amide bonds. The van der Waals surface area contributed by atoms with E-state index in [2.05, 4.69) is 15.4 Å². The van der Waals surface area contributed by atoms with Gasteiger partial charge >= 0.3 is 0 Å². The van der Waals surface area contributed by atoms with Crippen molar-refractivity contribution < 1.29 is 13.7 Å². The number of Topliss-reactive ketones (excluding diaryl/α,β-unsaturated/α-hetero) is 1. The van der Waals surface area contributed by atoms with E-state index in [4.69, 9.17) is 4.74 Å². The van der Waals surface area contributed by atoms with Crippen LogP contribution in [0, 0.1) is 40.9 Å². The highest BCUT2D eigenvalue weighted by atomic mass is 32.7. The first-order chi connectivity index (χ1) is 12.0. The fourth-order valence-electron chi connectivity index (χ4n) is 7.30. The molecular weight excluding hydrogens is 351 g/mol. The van der Waals surface area contributed by atoms with Crippen LogP contribution in [0.4, 0.5) is 0 Å². The van der Waals surface area contributed by atoms with Crippen molar-refractivity contribution in [2.75, 3.05) is 13.7 Å². The minimum atomic E-state index is -1.09. The van der Waals surface area contributed by atoms with E-state index >= 15 is 0 Å². The van der Waals surface area contributed by atoms with Gasteiger partial charge in [0, 0.05) is 29.6 Å². The lowest BCUT2D eigenvalue weighted by molar-refractivity contribution is -0.133. The Morgan fingerprint density at radius 3 is 2.60 bits per heavy atom. The van der Waals surface area contributed by atoms with Gasteiger partial charge in [-0.15, -0.1) is 0 Å². The highest BCUT2D eigenvalue weighted by Gasteiger charge is 2.60. The van der Waals surface area contributed by atoms with Gasteiger partial charge in [-0.1, -0.05) is 6.92 Å². The monoisotopic (exact) mass is 384 g/mol. The SMILES string of the molecule is COCC1CCC2C(CCC3C2CCC2(C)C(=O)C(S(=O)P)CC32)C1. The van der Waals surface area contributed by atoms with Gasteiger partial charge in [-0.2, -0.15) is 0 Å². The molecule has 0 spiro atoms. The van der Waals surface area contributed by atoms with Crippen LogP contribution < -0.4 is 0 Å². The summed E-state index contributed by atoms with van der Waals surface area (Å²) in [5, 5.41) is -0.228. The van der Waals surface area contributed by atoms with Crippen LogP contribution in [-0.2, 0) is 20.0 Å². The van der Waals surface area contributed by atoms with Gasteiger partial charge in [0.05, 0.1) is 5.25 Å². The summed E-state index contributed by atoms with van der Waals surface area (Å²) in [4.78, 5) is 13.0. The third-order valence-electron chi connectivity index (χ3n) is 8.46. The Balaban J connectivity index is 1.52. The van der Waals surface area contributed by atoms with Gasteiger partial charge in [0.15, 0.2) is 5.78 Å². The third kappa shape index (κ3) is 2.99. The molecule has 4 aliphatic rings. The highest BCUT2D eigenvalue weighted by Crippen LogP contribution is 2.62. The number of rotatable bonds is 3. The molecule has 0 aromatic carbocycles. The quantitative estimate of drug-likeness (QED) is 0.691. The smallest absolute Gasteiger partial charge is 0.154 e. The molecule has 4 fully saturated rings. The lowest BCUT2D eigenvalue weighted by Crippen LogP contribution is -2.49. The molecule has 0 aliphatic heterocycles. The second-order valence-corrected chi connectivity index (χ2v) is 12.1. The maximum Gasteiger partial charge on any atom is 0.154 e. The molecule has 10 unspecified atom stereocenters. The molecule has 4 saturated carbocycles. The zero-order chi connectivity index (χ0) is 17.8. The first-order valence-electron chi connectivity index (χ1n) is 10.1. The largest absolute Gasteiger partial charge is 0.384 e. The van der Waals surface area contributed by atoms with Crippen LogP contribution in [0.15, 0.2) is 0 Å². The summed E-state index contributed by atoms with van der Waals surface area (Å²) in [5.41, 5.74) is -0.196. The summed E-state index contributed by atoms with van der Waals surface area (Å²) < 4.78 is 17.5. The maximum absolute atomic E-state index is 13.0. The Hall–Kier alpha value is 0.210. The predicted molar refractivity (Wildman–Crippen MR) is 105 cm³/mol. The van der Waals surface area contributed by atoms with E-state index in [1.165, 1.54) is 38.5 Å². The van der Waals surface area contributed by atoms with Gasteiger partial charge in [0.1, 0.15) is 0 Å². The van der Waals surface area contributed by atoms with Crippen molar-refractivity contribution in [2.45, 2.75) is 63.5 Å². The fourth-order valence-corrected chi connectivity index (χ4v) is 8.89. The molecule has 4 aliphatic carbocycles. The van der Waals surface area contributed by atoms with Crippen molar-refractivity contribution in [3.8, 4) is 0 Å². The topological polar surface area (TPSA) is 43.4 Å². The Labute approximate surface area is 156 Å². The molecule has 25 heavy (non-hydrogen) atoms. The van der Waals surface area contributed by atoms with Gasteiger partial charge in [-0.3, -0.25) is 9.00 Å². The second kappa shape index (κ2) is 6.99. The number of methoxy groups -OCH3 is 1. The molecule has 0 saturated heterocycles. The first kappa shape index (κ1) is 18.6. The predicted octanol–water partition coefficient (Wildman–Crippen LogP) is 3.99. The van der Waals surface area contributed by atoms with Crippen LogP contribution >= 0.6 is 8.44 Å². The maximum atomic E-state index is 13.0. The molecule has 0 aromatic heterocycles. The molecule has 0 aromatic rings. The Bertz CT molecular complexity index is 567. The van der Waals surface area contributed by atoms with Crippen molar-refractivity contribution >= 4 is 24.6 Å². The van der Waals surface area contributed by atoms with Gasteiger partial charge in [-0.25, -0.2) is 0 Å². The van der Waals surface area contributed by atoms with Gasteiger partial charge < -0.3 is 4.74 Å². The van der Waals surface area contributed by atoms with E-state index < -0.39 is 10.4 Å². The number of carbonyl (C=O) groups excluding carboxylic acids is 1. The van der Waals surface area contributed by atoms with E-state index in [0.717, 1.165) is 43.1 Å². The van der Waals surface area contributed by atoms with E-state index in [1.54, 1.807) is 0 Å². The molecule has 5 heteroatoms. The molecule has 0 radical (unpaired) electrons. The number of fused-ring (bicyclic) bond motifs is 5. The molecule has 0 heterocycles. The van der Waals surface area contributed by atoms with Crippen LogP contribution in [0.25, 0.3) is 0 Å². The third-order valence-corrected chi connectivity index (χ3v) is 10.4.